The Morgan fingerprint density at radius 3 is 2.49 bits per heavy atom. The van der Waals surface area contributed by atoms with Crippen molar-refractivity contribution in [2.45, 2.75) is 17.9 Å². The molecule has 5 nitrogen and oxygen atoms in total. The van der Waals surface area contributed by atoms with Gasteiger partial charge >= 0.3 is 0 Å². The van der Waals surface area contributed by atoms with E-state index in [1.165, 1.54) is 6.26 Å². The Morgan fingerprint density at radius 1 is 0.973 bits per heavy atom. The van der Waals surface area contributed by atoms with Gasteiger partial charge in [-0.3, -0.25) is 4.98 Å². The average molecular weight is 527 g/mol. The first-order chi connectivity index (χ1) is 17.8. The minimum Gasteiger partial charge on any atom is -0.377 e. The molecular weight excluding hydrogens is 500 g/mol. The van der Waals surface area contributed by atoms with E-state index in [1.54, 1.807) is 36.8 Å². The lowest BCUT2D eigenvalue weighted by Crippen LogP contribution is -1.98. The summed E-state index contributed by atoms with van der Waals surface area (Å²) >= 11 is 1.54. The van der Waals surface area contributed by atoms with Gasteiger partial charge in [-0.2, -0.15) is 0 Å². The fraction of sp³-hybridized carbons (Fsp3) is 0.133. The summed E-state index contributed by atoms with van der Waals surface area (Å²) in [4.78, 5) is 9.50. The van der Waals surface area contributed by atoms with Crippen LogP contribution < -0.4 is 0 Å². The summed E-state index contributed by atoms with van der Waals surface area (Å²) in [5.74, 6) is 0. The first-order valence-corrected chi connectivity index (χ1v) is 14.5. The van der Waals surface area contributed by atoms with Gasteiger partial charge in [0.1, 0.15) is 5.01 Å². The Hall–Kier alpha value is -3.65. The van der Waals surface area contributed by atoms with Gasteiger partial charge in [-0.25, -0.2) is 13.4 Å². The zero-order valence-corrected chi connectivity index (χ0v) is 22.4. The van der Waals surface area contributed by atoms with Gasteiger partial charge in [-0.05, 0) is 71.7 Å². The van der Waals surface area contributed by atoms with Gasteiger partial charge in [-0.1, -0.05) is 36.4 Å². The number of rotatable bonds is 7. The van der Waals surface area contributed by atoms with Crippen molar-refractivity contribution < 1.29 is 13.2 Å². The molecule has 7 heteroatoms. The van der Waals surface area contributed by atoms with Crippen molar-refractivity contribution in [3.8, 4) is 11.1 Å². The van der Waals surface area contributed by atoms with E-state index in [1.807, 2.05) is 42.8 Å². The van der Waals surface area contributed by atoms with E-state index in [0.29, 0.717) is 4.90 Å². The number of benzene rings is 3. The molecular formula is C30H26N2O3S2. The second-order valence-electron chi connectivity index (χ2n) is 8.84. The van der Waals surface area contributed by atoms with Gasteiger partial charge in [0.05, 0.1) is 16.5 Å². The Balaban J connectivity index is 1.63. The highest BCUT2D eigenvalue weighted by Crippen LogP contribution is 2.34. The molecule has 186 valence electrons. The van der Waals surface area contributed by atoms with Gasteiger partial charge in [0.15, 0.2) is 9.84 Å². The molecule has 2 heterocycles. The van der Waals surface area contributed by atoms with E-state index < -0.39 is 9.84 Å². The number of sulfone groups is 1. The minimum absolute atomic E-state index is 0.0437. The maximum Gasteiger partial charge on any atom is 0.175 e. The van der Waals surface area contributed by atoms with E-state index in [4.69, 9.17) is 4.74 Å². The van der Waals surface area contributed by atoms with Crippen molar-refractivity contribution in [2.24, 2.45) is 0 Å². The van der Waals surface area contributed by atoms with Crippen LogP contribution in [0.1, 0.15) is 34.7 Å². The first kappa shape index (κ1) is 25.0. The normalized spacial score (nSPS) is 13.1. The van der Waals surface area contributed by atoms with E-state index in [0.717, 1.165) is 49.3 Å². The van der Waals surface area contributed by atoms with Crippen LogP contribution in [0.15, 0.2) is 95.5 Å². The summed E-state index contributed by atoms with van der Waals surface area (Å²) in [6.07, 6.45) is 6.85. The summed E-state index contributed by atoms with van der Waals surface area (Å²) in [5.41, 5.74) is 6.95. The molecule has 0 saturated carbocycles. The average Bonchev–Trinajstić information content (AvgIpc) is 3.45. The third kappa shape index (κ3) is 5.39. The Morgan fingerprint density at radius 2 is 1.78 bits per heavy atom. The quantitative estimate of drug-likeness (QED) is 0.212. The number of thiazole rings is 1. The van der Waals surface area contributed by atoms with Crippen LogP contribution in [0.5, 0.6) is 0 Å². The van der Waals surface area contributed by atoms with Crippen LogP contribution >= 0.6 is 11.3 Å². The van der Waals surface area contributed by atoms with Crippen LogP contribution in [0.25, 0.3) is 33.7 Å². The molecule has 1 unspecified atom stereocenters. The number of methoxy groups -OCH3 is 1. The number of pyridine rings is 1. The number of fused-ring (bicyclic) bond motifs is 1. The molecule has 2 aromatic heterocycles. The van der Waals surface area contributed by atoms with Crippen molar-refractivity contribution in [1.82, 2.24) is 9.97 Å². The molecule has 5 rings (SSSR count). The van der Waals surface area contributed by atoms with Gasteiger partial charge in [-0.15, -0.1) is 11.3 Å². The molecule has 37 heavy (non-hydrogen) atoms. The number of hydrogen-bond donors (Lipinski definition) is 0. The fourth-order valence-electron chi connectivity index (χ4n) is 4.28. The molecule has 0 aliphatic carbocycles. The zero-order chi connectivity index (χ0) is 26.0. The maximum atomic E-state index is 11.9. The highest BCUT2D eigenvalue weighted by Gasteiger charge is 2.14. The lowest BCUT2D eigenvalue weighted by atomic mass is 9.95. The molecule has 0 aliphatic heterocycles. The van der Waals surface area contributed by atoms with E-state index in [2.05, 4.69) is 52.4 Å². The third-order valence-electron chi connectivity index (χ3n) is 6.32. The van der Waals surface area contributed by atoms with Crippen LogP contribution in [0.4, 0.5) is 0 Å². The summed E-state index contributed by atoms with van der Waals surface area (Å²) in [6.45, 7) is 2.04. The molecule has 0 amide bonds. The zero-order valence-electron chi connectivity index (χ0n) is 20.8. The second kappa shape index (κ2) is 10.4. The molecule has 0 bridgehead atoms. The van der Waals surface area contributed by atoms with Crippen molar-refractivity contribution in [3.63, 3.8) is 0 Å². The minimum atomic E-state index is -3.27. The lowest BCUT2D eigenvalue weighted by Gasteiger charge is -2.15. The number of hydrogen-bond acceptors (Lipinski definition) is 6. The Bertz CT molecular complexity index is 1690. The number of ether oxygens (including phenoxy) is 1. The Kier molecular flexibility index (Phi) is 7.02. The van der Waals surface area contributed by atoms with Crippen LogP contribution in [0.3, 0.4) is 0 Å². The predicted octanol–water partition coefficient (Wildman–Crippen LogP) is 7.06. The molecule has 0 N–H and O–H groups in total. The smallest absolute Gasteiger partial charge is 0.175 e. The van der Waals surface area contributed by atoms with E-state index in [9.17, 15) is 8.42 Å². The summed E-state index contributed by atoms with van der Waals surface area (Å²) in [5, 5.41) is 3.86. The molecule has 0 spiro atoms. The molecule has 3 aromatic carbocycles. The van der Waals surface area contributed by atoms with Crippen LogP contribution in [-0.4, -0.2) is 31.8 Å². The summed E-state index contributed by atoms with van der Waals surface area (Å²) < 4.78 is 29.5. The fourth-order valence-corrected chi connectivity index (χ4v) is 5.58. The van der Waals surface area contributed by atoms with Gasteiger partial charge in [0.25, 0.3) is 0 Å². The molecule has 0 aliphatic rings. The van der Waals surface area contributed by atoms with Gasteiger partial charge in [0.2, 0.25) is 0 Å². The molecule has 5 aromatic rings. The van der Waals surface area contributed by atoms with Gasteiger partial charge in [0, 0.05) is 47.7 Å². The first-order valence-electron chi connectivity index (χ1n) is 11.8. The highest BCUT2D eigenvalue weighted by molar-refractivity contribution is 7.90. The standard InChI is InChI=1S/C30H26N2O3S2/c1-20(35-2)25-18-24-8-5-13-31-29(24)27(19-25)23-7-4-6-21(16-23)17-28(30-32-14-15-36-30)22-9-11-26(12-10-22)37(3,33)34/h4-20H,1-3H3/b28-17-. The molecule has 1 atom stereocenters. The third-order valence-corrected chi connectivity index (χ3v) is 8.25. The Labute approximate surface area is 221 Å². The van der Waals surface area contributed by atoms with Crippen molar-refractivity contribution in [1.29, 1.82) is 0 Å². The molecule has 0 fully saturated rings. The number of nitrogens with zero attached hydrogens (tertiary/aromatic N) is 2. The van der Waals surface area contributed by atoms with Crippen LogP contribution in [0, 0.1) is 0 Å². The van der Waals surface area contributed by atoms with E-state index >= 15 is 0 Å². The van der Waals surface area contributed by atoms with Crippen LogP contribution in [0.2, 0.25) is 0 Å². The number of aromatic nitrogens is 2. The van der Waals surface area contributed by atoms with Gasteiger partial charge < -0.3 is 4.74 Å². The maximum absolute atomic E-state index is 11.9. The second-order valence-corrected chi connectivity index (χ2v) is 11.7. The summed E-state index contributed by atoms with van der Waals surface area (Å²) in [6, 6.07) is 23.6. The van der Waals surface area contributed by atoms with Crippen LogP contribution in [-0.2, 0) is 14.6 Å². The molecule has 0 saturated heterocycles. The highest BCUT2D eigenvalue weighted by atomic mass is 32.2. The lowest BCUT2D eigenvalue weighted by molar-refractivity contribution is 0.119. The topological polar surface area (TPSA) is 69.2 Å². The predicted molar refractivity (Wildman–Crippen MR) is 151 cm³/mol. The van der Waals surface area contributed by atoms with E-state index in [-0.39, 0.29) is 6.10 Å². The van der Waals surface area contributed by atoms with Crippen molar-refractivity contribution in [3.05, 3.63) is 112 Å². The monoisotopic (exact) mass is 526 g/mol. The van der Waals surface area contributed by atoms with Crippen molar-refractivity contribution >= 4 is 43.7 Å². The van der Waals surface area contributed by atoms with Crippen molar-refractivity contribution in [2.75, 3.05) is 13.4 Å². The summed E-state index contributed by atoms with van der Waals surface area (Å²) in [7, 11) is -1.56. The molecule has 0 radical (unpaired) electrons. The SMILES string of the molecule is COC(C)c1cc(-c2cccc(/C=C(/c3ccc(S(C)(=O)=O)cc3)c3nccs3)c2)c2ncccc2c1. The largest absolute Gasteiger partial charge is 0.377 e.